The fraction of sp³-hybridized carbons (Fsp3) is 0.417. The number of benzene rings is 1. The molecule has 1 aromatic carbocycles. The molecule has 3 N–H and O–H groups in total. The van der Waals surface area contributed by atoms with Crippen LogP contribution in [0.1, 0.15) is 20.8 Å². The summed E-state index contributed by atoms with van der Waals surface area (Å²) in [5.41, 5.74) is 6.15. The first-order chi connectivity index (χ1) is 7.91. The zero-order valence-corrected chi connectivity index (χ0v) is 10.9. The van der Waals surface area contributed by atoms with Crippen LogP contribution in [0.15, 0.2) is 18.2 Å². The Bertz CT molecular complexity index is 387. The molecule has 1 aromatic rings. The van der Waals surface area contributed by atoms with Crippen molar-refractivity contribution in [2.45, 2.75) is 32.9 Å². The first-order valence-corrected chi connectivity index (χ1v) is 5.80. The van der Waals surface area contributed by atoms with Crippen LogP contribution in [0, 0.1) is 0 Å². The van der Waals surface area contributed by atoms with Gasteiger partial charge in [-0.3, -0.25) is 4.79 Å². The van der Waals surface area contributed by atoms with Gasteiger partial charge in [-0.1, -0.05) is 17.7 Å². The number of nitrogens with one attached hydrogen (secondary N) is 1. The predicted octanol–water partition coefficient (Wildman–Crippen LogP) is 2.21. The average Bonchev–Trinajstić information content (AvgIpc) is 2.22. The van der Waals surface area contributed by atoms with E-state index < -0.39 is 6.10 Å². The molecule has 1 atom stereocenters. The molecule has 0 bridgehead atoms. The van der Waals surface area contributed by atoms with Crippen molar-refractivity contribution in [3.63, 3.8) is 0 Å². The lowest BCUT2D eigenvalue weighted by Gasteiger charge is -2.18. The smallest absolute Gasteiger partial charge is 0.260 e. The van der Waals surface area contributed by atoms with Gasteiger partial charge in [0.05, 0.1) is 10.7 Å². The largest absolute Gasteiger partial charge is 0.477 e. The lowest BCUT2D eigenvalue weighted by molar-refractivity contribution is -0.127. The van der Waals surface area contributed by atoms with Crippen molar-refractivity contribution in [2.24, 2.45) is 0 Å². The normalized spacial score (nSPS) is 12.3. The highest BCUT2D eigenvalue weighted by Crippen LogP contribution is 2.31. The van der Waals surface area contributed by atoms with Gasteiger partial charge < -0.3 is 15.8 Å². The summed E-state index contributed by atoms with van der Waals surface area (Å²) in [7, 11) is 0. The molecule has 0 saturated heterocycles. The summed E-state index contributed by atoms with van der Waals surface area (Å²) in [6.45, 7) is 5.42. The molecule has 0 aliphatic rings. The van der Waals surface area contributed by atoms with E-state index in [0.29, 0.717) is 16.5 Å². The Morgan fingerprint density at radius 2 is 2.06 bits per heavy atom. The maximum atomic E-state index is 11.7. The van der Waals surface area contributed by atoms with E-state index in [1.54, 1.807) is 25.1 Å². The molecule has 0 aromatic heterocycles. The van der Waals surface area contributed by atoms with Crippen LogP contribution in [0.4, 0.5) is 5.69 Å². The van der Waals surface area contributed by atoms with E-state index in [2.05, 4.69) is 5.32 Å². The highest BCUT2D eigenvalue weighted by atomic mass is 35.5. The summed E-state index contributed by atoms with van der Waals surface area (Å²) in [4.78, 5) is 11.7. The Morgan fingerprint density at radius 3 is 2.59 bits per heavy atom. The standard InChI is InChI=1S/C12H17ClN2O2/c1-7(2)15-12(16)8(3)17-11-9(13)5-4-6-10(11)14/h4-8H,14H2,1-3H3,(H,15,16). The number of nitrogen functional groups attached to an aromatic ring is 1. The van der Waals surface area contributed by atoms with Gasteiger partial charge >= 0.3 is 0 Å². The second kappa shape index (κ2) is 5.77. The molecule has 5 heteroatoms. The van der Waals surface area contributed by atoms with E-state index in [4.69, 9.17) is 22.1 Å². The highest BCUT2D eigenvalue weighted by Gasteiger charge is 2.17. The van der Waals surface area contributed by atoms with Crippen LogP contribution < -0.4 is 15.8 Å². The van der Waals surface area contributed by atoms with Crippen molar-refractivity contribution in [1.82, 2.24) is 5.32 Å². The molecule has 0 heterocycles. The fourth-order valence-corrected chi connectivity index (χ4v) is 1.51. The summed E-state index contributed by atoms with van der Waals surface area (Å²) >= 11 is 5.95. The van der Waals surface area contributed by atoms with E-state index in [1.165, 1.54) is 0 Å². The summed E-state index contributed by atoms with van der Waals surface area (Å²) in [5, 5.41) is 3.15. The van der Waals surface area contributed by atoms with E-state index in [-0.39, 0.29) is 11.9 Å². The van der Waals surface area contributed by atoms with Crippen LogP contribution in [0.5, 0.6) is 5.75 Å². The van der Waals surface area contributed by atoms with Gasteiger partial charge in [-0.2, -0.15) is 0 Å². The first kappa shape index (κ1) is 13.6. The molecule has 94 valence electrons. The summed E-state index contributed by atoms with van der Waals surface area (Å²) < 4.78 is 5.47. The number of nitrogens with two attached hydrogens (primary N) is 1. The number of halogens is 1. The molecule has 0 aliphatic carbocycles. The summed E-state index contributed by atoms with van der Waals surface area (Å²) in [6.07, 6.45) is -0.639. The average molecular weight is 257 g/mol. The van der Waals surface area contributed by atoms with Gasteiger partial charge in [-0.05, 0) is 32.9 Å². The minimum absolute atomic E-state index is 0.0668. The molecule has 1 unspecified atom stereocenters. The molecule has 0 aliphatic heterocycles. The maximum absolute atomic E-state index is 11.7. The topological polar surface area (TPSA) is 64.3 Å². The molecular formula is C12H17ClN2O2. The van der Waals surface area contributed by atoms with E-state index in [0.717, 1.165) is 0 Å². The van der Waals surface area contributed by atoms with Crippen molar-refractivity contribution in [3.8, 4) is 5.75 Å². The molecule has 0 spiro atoms. The number of rotatable bonds is 4. The molecule has 1 amide bonds. The van der Waals surface area contributed by atoms with Gasteiger partial charge in [0.2, 0.25) is 0 Å². The van der Waals surface area contributed by atoms with Crippen LogP contribution in [-0.4, -0.2) is 18.1 Å². The number of para-hydroxylation sites is 1. The summed E-state index contributed by atoms with van der Waals surface area (Å²) in [6, 6.07) is 5.13. The van der Waals surface area contributed by atoms with Crippen molar-refractivity contribution in [3.05, 3.63) is 23.2 Å². The van der Waals surface area contributed by atoms with Crippen LogP contribution in [0.25, 0.3) is 0 Å². The van der Waals surface area contributed by atoms with Crippen LogP contribution in [0.3, 0.4) is 0 Å². The van der Waals surface area contributed by atoms with Crippen LogP contribution in [0.2, 0.25) is 5.02 Å². The quantitative estimate of drug-likeness (QED) is 0.812. The van der Waals surface area contributed by atoms with Gasteiger partial charge in [-0.15, -0.1) is 0 Å². The van der Waals surface area contributed by atoms with Crippen molar-refractivity contribution in [1.29, 1.82) is 0 Å². The number of hydrogen-bond acceptors (Lipinski definition) is 3. The van der Waals surface area contributed by atoms with E-state index in [9.17, 15) is 4.79 Å². The van der Waals surface area contributed by atoms with E-state index >= 15 is 0 Å². The Hall–Kier alpha value is -1.42. The van der Waals surface area contributed by atoms with Crippen LogP contribution >= 0.6 is 11.6 Å². The Labute approximate surface area is 106 Å². The Kier molecular flexibility index (Phi) is 4.63. The van der Waals surface area contributed by atoms with Crippen LogP contribution in [-0.2, 0) is 4.79 Å². The molecule has 0 fully saturated rings. The minimum atomic E-state index is -0.639. The third-order valence-electron chi connectivity index (χ3n) is 2.09. The number of carbonyl (C=O) groups is 1. The second-order valence-electron chi connectivity index (χ2n) is 4.08. The molecule has 0 saturated carbocycles. The number of ether oxygens (including phenoxy) is 1. The molecule has 4 nitrogen and oxygen atoms in total. The molecule has 0 radical (unpaired) electrons. The first-order valence-electron chi connectivity index (χ1n) is 5.43. The van der Waals surface area contributed by atoms with Gasteiger partial charge in [-0.25, -0.2) is 0 Å². The van der Waals surface area contributed by atoms with Gasteiger partial charge in [0, 0.05) is 6.04 Å². The number of carbonyl (C=O) groups excluding carboxylic acids is 1. The zero-order chi connectivity index (χ0) is 13.0. The lowest BCUT2D eigenvalue weighted by atomic mass is 10.3. The van der Waals surface area contributed by atoms with Crippen molar-refractivity contribution < 1.29 is 9.53 Å². The second-order valence-corrected chi connectivity index (χ2v) is 4.49. The SMILES string of the molecule is CC(C)NC(=O)C(C)Oc1c(N)cccc1Cl. The maximum Gasteiger partial charge on any atom is 0.260 e. The third kappa shape index (κ3) is 3.82. The number of anilines is 1. The van der Waals surface area contributed by atoms with Crippen molar-refractivity contribution in [2.75, 3.05) is 5.73 Å². The molecular weight excluding hydrogens is 240 g/mol. The number of amides is 1. The Morgan fingerprint density at radius 1 is 1.41 bits per heavy atom. The lowest BCUT2D eigenvalue weighted by Crippen LogP contribution is -2.40. The highest BCUT2D eigenvalue weighted by molar-refractivity contribution is 6.32. The molecule has 1 rings (SSSR count). The fourth-order valence-electron chi connectivity index (χ4n) is 1.28. The molecule has 17 heavy (non-hydrogen) atoms. The zero-order valence-electron chi connectivity index (χ0n) is 10.2. The minimum Gasteiger partial charge on any atom is -0.477 e. The van der Waals surface area contributed by atoms with E-state index in [1.807, 2.05) is 13.8 Å². The monoisotopic (exact) mass is 256 g/mol. The summed E-state index contributed by atoms with van der Waals surface area (Å²) in [5.74, 6) is 0.153. The third-order valence-corrected chi connectivity index (χ3v) is 2.39. The predicted molar refractivity (Wildman–Crippen MR) is 69.2 cm³/mol. The van der Waals surface area contributed by atoms with Gasteiger partial charge in [0.25, 0.3) is 5.91 Å². The van der Waals surface area contributed by atoms with Crippen molar-refractivity contribution >= 4 is 23.2 Å². The Balaban J connectivity index is 2.74. The van der Waals surface area contributed by atoms with Gasteiger partial charge in [0.1, 0.15) is 0 Å². The van der Waals surface area contributed by atoms with Gasteiger partial charge in [0.15, 0.2) is 11.9 Å². The number of hydrogen-bond donors (Lipinski definition) is 2.